The minimum Gasteiger partial charge on any atom is -0.379 e. The van der Waals surface area contributed by atoms with Crippen LogP contribution in [0.4, 0.5) is 0 Å². The first kappa shape index (κ1) is 20.3. The zero-order valence-corrected chi connectivity index (χ0v) is 17.8. The van der Waals surface area contributed by atoms with Crippen LogP contribution in [0.3, 0.4) is 0 Å². The second kappa shape index (κ2) is 10.2. The molecule has 0 spiro atoms. The van der Waals surface area contributed by atoms with Crippen LogP contribution >= 0.6 is 11.3 Å². The molecule has 0 radical (unpaired) electrons. The van der Waals surface area contributed by atoms with Crippen molar-refractivity contribution < 1.29 is 9.26 Å². The van der Waals surface area contributed by atoms with Crippen LogP contribution < -0.4 is 5.32 Å². The Labute approximate surface area is 176 Å². The lowest BCUT2D eigenvalue weighted by molar-refractivity contribution is 0.0175. The molecule has 2 aromatic heterocycles. The first-order valence-corrected chi connectivity index (χ1v) is 11.1. The average Bonchev–Trinajstić information content (AvgIpc) is 3.47. The lowest BCUT2D eigenvalue weighted by Gasteiger charge is -2.38. The van der Waals surface area contributed by atoms with Crippen LogP contribution in [0.1, 0.15) is 16.6 Å². The van der Waals surface area contributed by atoms with E-state index < -0.39 is 0 Å². The van der Waals surface area contributed by atoms with Crippen molar-refractivity contribution in [2.75, 3.05) is 66.1 Å². The largest absolute Gasteiger partial charge is 0.379 e. The summed E-state index contributed by atoms with van der Waals surface area (Å²) in [4.78, 5) is 13.2. The molecule has 0 amide bonds. The summed E-state index contributed by atoms with van der Waals surface area (Å²) in [5.74, 6) is 0.987. The molecule has 0 aromatic carbocycles. The first-order chi connectivity index (χ1) is 14.3. The number of aromatic nitrogens is 1. The molecule has 1 unspecified atom stereocenters. The normalized spacial score (nSPS) is 20.7. The van der Waals surface area contributed by atoms with Gasteiger partial charge in [-0.3, -0.25) is 14.8 Å². The van der Waals surface area contributed by atoms with Gasteiger partial charge in [-0.05, 0) is 11.4 Å². The van der Waals surface area contributed by atoms with Crippen molar-refractivity contribution in [1.29, 1.82) is 0 Å². The van der Waals surface area contributed by atoms with Crippen LogP contribution in [-0.4, -0.2) is 91.9 Å². The number of nitrogens with zero attached hydrogens (tertiary/aromatic N) is 5. The van der Waals surface area contributed by atoms with Gasteiger partial charge in [0.25, 0.3) is 0 Å². The van der Waals surface area contributed by atoms with E-state index in [0.29, 0.717) is 6.04 Å². The summed E-state index contributed by atoms with van der Waals surface area (Å²) in [5.41, 5.74) is 0.991. The minimum atomic E-state index is 0.351. The van der Waals surface area contributed by atoms with E-state index in [-0.39, 0.29) is 0 Å². The topological polar surface area (TPSA) is 69.4 Å². The van der Waals surface area contributed by atoms with E-state index in [2.05, 4.69) is 47.7 Å². The van der Waals surface area contributed by atoms with Crippen molar-refractivity contribution >= 4 is 17.3 Å². The Hall–Kier alpha value is -1.94. The number of nitrogens with one attached hydrogen (secondary N) is 1. The number of morpholine rings is 1. The van der Waals surface area contributed by atoms with Gasteiger partial charge in [0.2, 0.25) is 0 Å². The fourth-order valence-corrected chi connectivity index (χ4v) is 4.83. The van der Waals surface area contributed by atoms with E-state index in [1.165, 1.54) is 4.88 Å². The van der Waals surface area contributed by atoms with Gasteiger partial charge < -0.3 is 19.5 Å². The minimum absolute atomic E-state index is 0.351. The number of piperazine rings is 1. The van der Waals surface area contributed by atoms with Crippen LogP contribution in [0.2, 0.25) is 0 Å². The third-order valence-corrected chi connectivity index (χ3v) is 6.55. The molecule has 8 nitrogen and oxygen atoms in total. The van der Waals surface area contributed by atoms with Crippen molar-refractivity contribution in [3.63, 3.8) is 0 Å². The lowest BCUT2D eigenvalue weighted by atomic mass is 10.2. The summed E-state index contributed by atoms with van der Waals surface area (Å²) in [5, 5.41) is 9.82. The van der Waals surface area contributed by atoms with E-state index >= 15 is 0 Å². The molecule has 2 aromatic rings. The molecule has 4 rings (SSSR count). The molecular formula is C20H30N6O2S. The van der Waals surface area contributed by atoms with Gasteiger partial charge in [0.15, 0.2) is 5.96 Å². The van der Waals surface area contributed by atoms with E-state index in [1.807, 2.05) is 24.5 Å². The molecule has 0 aliphatic carbocycles. The van der Waals surface area contributed by atoms with Crippen LogP contribution in [0.15, 0.2) is 39.4 Å². The summed E-state index contributed by atoms with van der Waals surface area (Å²) >= 11 is 1.83. The SMILES string of the molecule is CN=C(NCC(c1cccs1)N1CCOCC1)N1CCN(Cc2ccon2)CC1. The molecule has 0 saturated carbocycles. The van der Waals surface area contributed by atoms with Crippen LogP contribution in [0.25, 0.3) is 0 Å². The standard InChI is InChI=1S/C20H30N6O2S/c1-21-20(26-7-5-24(6-8-26)16-17-4-11-28-23-17)22-15-18(19-3-2-14-29-19)25-9-12-27-13-10-25/h2-4,11,14,18H,5-10,12-13,15-16H2,1H3,(H,21,22). The van der Waals surface area contributed by atoms with Gasteiger partial charge in [-0.1, -0.05) is 11.2 Å². The van der Waals surface area contributed by atoms with Gasteiger partial charge in [0.05, 0.1) is 24.9 Å². The zero-order valence-electron chi connectivity index (χ0n) is 17.0. The maximum absolute atomic E-state index is 5.55. The third kappa shape index (κ3) is 5.36. The summed E-state index contributed by atoms with van der Waals surface area (Å²) in [6, 6.07) is 6.65. The molecule has 0 bridgehead atoms. The monoisotopic (exact) mass is 418 g/mol. The number of aliphatic imine (C=N–C) groups is 1. The van der Waals surface area contributed by atoms with Crippen LogP contribution in [0, 0.1) is 0 Å². The molecule has 2 saturated heterocycles. The predicted molar refractivity (Wildman–Crippen MR) is 114 cm³/mol. The maximum Gasteiger partial charge on any atom is 0.193 e. The average molecular weight is 419 g/mol. The van der Waals surface area contributed by atoms with Crippen molar-refractivity contribution in [2.24, 2.45) is 4.99 Å². The Balaban J connectivity index is 1.31. The summed E-state index contributed by atoms with van der Waals surface area (Å²) in [6.45, 7) is 9.16. The highest BCUT2D eigenvalue weighted by Crippen LogP contribution is 2.25. The Morgan fingerprint density at radius 1 is 1.21 bits per heavy atom. The van der Waals surface area contributed by atoms with Crippen molar-refractivity contribution in [2.45, 2.75) is 12.6 Å². The highest BCUT2D eigenvalue weighted by molar-refractivity contribution is 7.10. The molecule has 2 fully saturated rings. The Bertz CT molecular complexity index is 737. The fraction of sp³-hybridized carbons (Fsp3) is 0.600. The lowest BCUT2D eigenvalue weighted by Crippen LogP contribution is -2.53. The van der Waals surface area contributed by atoms with Crippen LogP contribution in [0.5, 0.6) is 0 Å². The second-order valence-corrected chi connectivity index (χ2v) is 8.34. The number of rotatable bonds is 6. The Kier molecular flexibility index (Phi) is 7.15. The molecule has 29 heavy (non-hydrogen) atoms. The Morgan fingerprint density at radius 3 is 2.69 bits per heavy atom. The van der Waals surface area contributed by atoms with Gasteiger partial charge in [-0.2, -0.15) is 0 Å². The number of thiophene rings is 1. The number of ether oxygens (including phenoxy) is 1. The number of guanidine groups is 1. The zero-order chi connectivity index (χ0) is 19.9. The van der Waals surface area contributed by atoms with Crippen molar-refractivity contribution in [3.8, 4) is 0 Å². The molecule has 9 heteroatoms. The van der Waals surface area contributed by atoms with Gasteiger partial charge in [0.1, 0.15) is 6.26 Å². The summed E-state index contributed by atoms with van der Waals surface area (Å²) < 4.78 is 10.5. The maximum atomic E-state index is 5.55. The molecule has 4 heterocycles. The first-order valence-electron chi connectivity index (χ1n) is 10.3. The molecule has 2 aliphatic heterocycles. The second-order valence-electron chi connectivity index (χ2n) is 7.36. The van der Waals surface area contributed by atoms with Crippen LogP contribution in [-0.2, 0) is 11.3 Å². The quantitative estimate of drug-likeness (QED) is 0.563. The van der Waals surface area contributed by atoms with E-state index in [0.717, 1.165) is 77.2 Å². The Morgan fingerprint density at radius 2 is 2.03 bits per heavy atom. The highest BCUT2D eigenvalue weighted by Gasteiger charge is 2.25. The third-order valence-electron chi connectivity index (χ3n) is 5.57. The molecule has 2 aliphatic rings. The predicted octanol–water partition coefficient (Wildman–Crippen LogP) is 1.50. The summed E-state index contributed by atoms with van der Waals surface area (Å²) in [6.07, 6.45) is 1.63. The number of hydrogen-bond acceptors (Lipinski definition) is 7. The molecule has 1 atom stereocenters. The van der Waals surface area contributed by atoms with Gasteiger partial charge >= 0.3 is 0 Å². The van der Waals surface area contributed by atoms with Gasteiger partial charge in [0, 0.05) is 70.3 Å². The van der Waals surface area contributed by atoms with E-state index in [1.54, 1.807) is 6.26 Å². The van der Waals surface area contributed by atoms with Gasteiger partial charge in [-0.25, -0.2) is 0 Å². The smallest absolute Gasteiger partial charge is 0.193 e. The van der Waals surface area contributed by atoms with Crippen molar-refractivity contribution in [1.82, 2.24) is 25.2 Å². The fourth-order valence-electron chi connectivity index (χ4n) is 3.97. The van der Waals surface area contributed by atoms with Crippen molar-refractivity contribution in [3.05, 3.63) is 40.4 Å². The van der Waals surface area contributed by atoms with E-state index in [9.17, 15) is 0 Å². The van der Waals surface area contributed by atoms with Gasteiger partial charge in [-0.15, -0.1) is 11.3 Å². The molecule has 1 N–H and O–H groups in total. The highest BCUT2D eigenvalue weighted by atomic mass is 32.1. The number of hydrogen-bond donors (Lipinski definition) is 1. The summed E-state index contributed by atoms with van der Waals surface area (Å²) in [7, 11) is 1.87. The molecule has 158 valence electrons. The molecular weight excluding hydrogens is 388 g/mol. The van der Waals surface area contributed by atoms with E-state index in [4.69, 9.17) is 9.26 Å².